The van der Waals surface area contributed by atoms with Gasteiger partial charge in [0.2, 0.25) is 0 Å². The highest BCUT2D eigenvalue weighted by Crippen LogP contribution is 2.27. The Kier molecular flexibility index (Phi) is 4.60. The maximum Gasteiger partial charge on any atom is 0.270 e. The molecule has 3 aromatic rings. The molecule has 1 amide bonds. The first-order chi connectivity index (χ1) is 14.2. The zero-order valence-electron chi connectivity index (χ0n) is 16.1. The van der Waals surface area contributed by atoms with Crippen molar-refractivity contribution < 1.29 is 9.18 Å². The zero-order chi connectivity index (χ0) is 19.8. The third kappa shape index (κ3) is 3.54. The van der Waals surface area contributed by atoms with E-state index < -0.39 is 0 Å². The van der Waals surface area contributed by atoms with Crippen LogP contribution in [0.25, 0.3) is 16.8 Å². The van der Waals surface area contributed by atoms with E-state index in [1.165, 1.54) is 28.6 Å². The number of benzene rings is 3. The fraction of sp³-hybridized carbons (Fsp3) is 0.250. The van der Waals surface area contributed by atoms with E-state index in [1.807, 2.05) is 0 Å². The molecule has 5 rings (SSSR count). The summed E-state index contributed by atoms with van der Waals surface area (Å²) in [6.07, 6.45) is 2.11. The van der Waals surface area contributed by atoms with Gasteiger partial charge in [0, 0.05) is 61.2 Å². The van der Waals surface area contributed by atoms with Gasteiger partial charge in [-0.3, -0.25) is 9.69 Å². The van der Waals surface area contributed by atoms with Crippen LogP contribution in [0, 0.1) is 5.82 Å². The van der Waals surface area contributed by atoms with E-state index >= 15 is 0 Å². The third-order valence-electron chi connectivity index (χ3n) is 5.88. The average molecular weight is 387 g/mol. The fourth-order valence-electron chi connectivity index (χ4n) is 4.29. The number of nitrogens with zero attached hydrogens (tertiary/aromatic N) is 3. The van der Waals surface area contributed by atoms with Crippen LogP contribution in [-0.4, -0.2) is 43.5 Å². The molecule has 0 spiro atoms. The molecule has 0 N–H and O–H groups in total. The average Bonchev–Trinajstić information content (AvgIpc) is 3.10. The van der Waals surface area contributed by atoms with Crippen LogP contribution in [0.3, 0.4) is 0 Å². The van der Waals surface area contributed by atoms with Crippen LogP contribution in [0.1, 0.15) is 5.56 Å². The van der Waals surface area contributed by atoms with Crippen LogP contribution in [0.2, 0.25) is 0 Å². The topological polar surface area (TPSA) is 35.9 Å². The highest BCUT2D eigenvalue weighted by Gasteiger charge is 2.19. The van der Waals surface area contributed by atoms with Gasteiger partial charge in [0.25, 0.3) is 5.91 Å². The second kappa shape index (κ2) is 7.41. The van der Waals surface area contributed by atoms with Gasteiger partial charge in [-0.15, -0.1) is 0 Å². The van der Waals surface area contributed by atoms with Crippen molar-refractivity contribution in [2.24, 2.45) is 4.99 Å². The van der Waals surface area contributed by atoms with Crippen LogP contribution in [0.4, 0.5) is 10.1 Å². The second-order valence-electron chi connectivity index (χ2n) is 7.67. The Hall–Kier alpha value is -3.05. The molecular formula is C24H22FN3O. The number of hydrogen-bond acceptors (Lipinski definition) is 3. The number of anilines is 1. The molecule has 0 aromatic heterocycles. The molecule has 2 aliphatic rings. The summed E-state index contributed by atoms with van der Waals surface area (Å²) in [7, 11) is 0. The molecule has 0 bridgehead atoms. The van der Waals surface area contributed by atoms with Crippen molar-refractivity contribution in [2.75, 3.05) is 37.6 Å². The van der Waals surface area contributed by atoms with Crippen molar-refractivity contribution in [3.05, 3.63) is 76.6 Å². The van der Waals surface area contributed by atoms with Gasteiger partial charge in [-0.25, -0.2) is 9.38 Å². The van der Waals surface area contributed by atoms with Crippen LogP contribution >= 0.6 is 0 Å². The molecule has 0 atom stereocenters. The molecule has 4 nitrogen and oxygen atoms in total. The summed E-state index contributed by atoms with van der Waals surface area (Å²) < 4.78 is 14.3. The third-order valence-corrected chi connectivity index (χ3v) is 5.88. The van der Waals surface area contributed by atoms with Crippen molar-refractivity contribution >= 4 is 28.4 Å². The maximum atomic E-state index is 14.3. The van der Waals surface area contributed by atoms with Crippen molar-refractivity contribution in [3.63, 3.8) is 0 Å². The van der Waals surface area contributed by atoms with Crippen molar-refractivity contribution in [1.29, 1.82) is 0 Å². The van der Waals surface area contributed by atoms with Gasteiger partial charge in [-0.1, -0.05) is 36.4 Å². The Morgan fingerprint density at radius 3 is 2.62 bits per heavy atom. The molecular weight excluding hydrogens is 365 g/mol. The molecule has 146 valence electrons. The Balaban J connectivity index is 1.24. The zero-order valence-corrected chi connectivity index (χ0v) is 16.1. The number of piperazine rings is 1. The van der Waals surface area contributed by atoms with E-state index in [2.05, 4.69) is 57.3 Å². The largest absolute Gasteiger partial charge is 0.368 e. The normalized spacial score (nSPS) is 16.6. The Bertz CT molecular complexity index is 1210. The number of fused-ring (bicyclic) bond motifs is 2. The summed E-state index contributed by atoms with van der Waals surface area (Å²) >= 11 is 0. The molecule has 0 unspecified atom stereocenters. The second-order valence-corrected chi connectivity index (χ2v) is 7.67. The predicted octanol–water partition coefficient (Wildman–Crippen LogP) is 2.28. The van der Waals surface area contributed by atoms with Crippen LogP contribution < -0.4 is 15.5 Å². The Labute approximate surface area is 168 Å². The standard InChI is InChI=1S/C24H22FN3O/c25-21-16-22-19(15-24(29)26-22)14-18(21)8-9-27-10-12-28(13-11-27)23-7-3-5-17-4-1-2-6-20(17)23/h1-7,14-16H,8-13H2. The minimum Gasteiger partial charge on any atom is -0.368 e. The lowest BCUT2D eigenvalue weighted by atomic mass is 10.1. The molecule has 0 saturated carbocycles. The van der Waals surface area contributed by atoms with Gasteiger partial charge in [0.15, 0.2) is 0 Å². The lowest BCUT2D eigenvalue weighted by Gasteiger charge is -2.36. The highest BCUT2D eigenvalue weighted by atomic mass is 19.1. The number of rotatable bonds is 4. The van der Waals surface area contributed by atoms with Gasteiger partial charge in [0.1, 0.15) is 5.82 Å². The van der Waals surface area contributed by atoms with Crippen molar-refractivity contribution in [1.82, 2.24) is 4.90 Å². The van der Waals surface area contributed by atoms with Gasteiger partial charge in [-0.2, -0.15) is 0 Å². The summed E-state index contributed by atoms with van der Waals surface area (Å²) in [5.41, 5.74) is 1.94. The molecule has 1 saturated heterocycles. The number of carbonyl (C=O) groups excluding carboxylic acids is 1. The van der Waals surface area contributed by atoms with Crippen molar-refractivity contribution in [3.8, 4) is 0 Å². The lowest BCUT2D eigenvalue weighted by molar-refractivity contribution is -0.112. The van der Waals surface area contributed by atoms with E-state index in [-0.39, 0.29) is 11.7 Å². The van der Waals surface area contributed by atoms with Crippen LogP contribution in [0.15, 0.2) is 59.6 Å². The number of hydrogen-bond donors (Lipinski definition) is 0. The summed E-state index contributed by atoms with van der Waals surface area (Å²) in [5, 5.41) is 3.73. The van der Waals surface area contributed by atoms with Crippen LogP contribution in [0.5, 0.6) is 0 Å². The van der Waals surface area contributed by atoms with E-state index in [0.29, 0.717) is 17.3 Å². The summed E-state index contributed by atoms with van der Waals surface area (Å²) in [6, 6.07) is 18.1. The molecule has 1 fully saturated rings. The van der Waals surface area contributed by atoms with Crippen LogP contribution in [-0.2, 0) is 11.2 Å². The van der Waals surface area contributed by atoms with E-state index in [9.17, 15) is 9.18 Å². The smallest absolute Gasteiger partial charge is 0.270 e. The van der Waals surface area contributed by atoms with Gasteiger partial charge >= 0.3 is 0 Å². The molecule has 0 radical (unpaired) electrons. The van der Waals surface area contributed by atoms with E-state index in [4.69, 9.17) is 0 Å². The molecule has 5 heteroatoms. The number of carbonyl (C=O) groups is 1. The fourth-order valence-corrected chi connectivity index (χ4v) is 4.29. The quantitative estimate of drug-likeness (QED) is 0.689. The number of halogens is 1. The van der Waals surface area contributed by atoms with E-state index in [1.54, 1.807) is 6.07 Å². The van der Waals surface area contributed by atoms with Gasteiger partial charge in [0.05, 0.1) is 5.36 Å². The first-order valence-electron chi connectivity index (χ1n) is 10.1. The summed E-state index contributed by atoms with van der Waals surface area (Å²) in [6.45, 7) is 4.64. The summed E-state index contributed by atoms with van der Waals surface area (Å²) in [4.78, 5) is 20.0. The number of amides is 1. The van der Waals surface area contributed by atoms with Crippen molar-refractivity contribution in [2.45, 2.75) is 6.42 Å². The minimum atomic E-state index is -0.305. The van der Waals surface area contributed by atoms with Gasteiger partial charge in [-0.05, 0) is 29.5 Å². The Morgan fingerprint density at radius 1 is 0.966 bits per heavy atom. The monoisotopic (exact) mass is 387 g/mol. The lowest BCUT2D eigenvalue weighted by Crippen LogP contribution is -2.47. The minimum absolute atomic E-state index is 0.273. The maximum absolute atomic E-state index is 14.3. The Morgan fingerprint density at radius 2 is 1.76 bits per heavy atom. The SMILES string of the molecule is O=C1C=c2cc(CCN3CCN(c4cccc5ccccc45)CC3)c(F)cc2=N1. The first-order valence-corrected chi connectivity index (χ1v) is 10.1. The molecule has 2 heterocycles. The predicted molar refractivity (Wildman–Crippen MR) is 113 cm³/mol. The first kappa shape index (κ1) is 18.0. The molecule has 3 aromatic carbocycles. The molecule has 2 aliphatic heterocycles. The molecule has 0 aliphatic carbocycles. The highest BCUT2D eigenvalue weighted by molar-refractivity contribution is 6.06. The van der Waals surface area contributed by atoms with E-state index in [0.717, 1.165) is 37.9 Å². The summed E-state index contributed by atoms with van der Waals surface area (Å²) in [5.74, 6) is -0.578. The van der Waals surface area contributed by atoms with Gasteiger partial charge < -0.3 is 4.90 Å². The molecule has 29 heavy (non-hydrogen) atoms.